The molecule has 8 aliphatic rings. The number of hydrogen-bond acceptors (Lipinski definition) is 7. The van der Waals surface area contributed by atoms with Crippen molar-refractivity contribution in [3.8, 4) is 0 Å². The van der Waals surface area contributed by atoms with Crippen molar-refractivity contribution < 1.29 is 44.6 Å². The van der Waals surface area contributed by atoms with Crippen LogP contribution in [0.5, 0.6) is 0 Å². The second-order valence-corrected chi connectivity index (χ2v) is 19.0. The maximum Gasteiger partial charge on any atom is 0.335 e. The van der Waals surface area contributed by atoms with Gasteiger partial charge in [-0.1, -0.05) is 70.6 Å². The van der Waals surface area contributed by atoms with E-state index >= 15 is 0 Å². The van der Waals surface area contributed by atoms with Crippen LogP contribution in [0.1, 0.15) is 112 Å². The summed E-state index contributed by atoms with van der Waals surface area (Å²) >= 11 is 0. The van der Waals surface area contributed by atoms with E-state index in [9.17, 15) is 35.1 Å². The van der Waals surface area contributed by atoms with Crippen LogP contribution in [-0.2, 0) is 19.1 Å². The maximum absolute atomic E-state index is 13.4. The first-order valence-corrected chi connectivity index (χ1v) is 18.8. The van der Waals surface area contributed by atoms with Gasteiger partial charge in [0, 0.05) is 16.2 Å². The number of fused-ring (bicyclic) bond motifs is 2. The standard InChI is InChI=1S/C40H56O9/c1-33(2)23-8-16-36(5)37-12-7-14-40(36,35(23,4)15-10-25(33)48-31-28(43)26(41)27(42)29(49-31)30(44)45)17-9-24(37)39-13-6-11-34(3,22-39)18-19-38(39,21-20-37)32(46)47/h6-7,9,13-14,23,25-29,31,41-43H,8,10-12,15-22H2,1-5H3,(H,44,45)(H,46,47)/t23-,25-,26-,27-,28+,29-,31+,34-,35-,36-,37+,38+,39-,40+/m0/s1. The van der Waals surface area contributed by atoms with Crippen molar-refractivity contribution in [2.45, 2.75) is 148 Å². The van der Waals surface area contributed by atoms with Crippen LogP contribution in [0.3, 0.4) is 0 Å². The van der Waals surface area contributed by atoms with Gasteiger partial charge in [-0.2, -0.15) is 0 Å². The molecule has 0 aromatic rings. The second kappa shape index (κ2) is 10.3. The summed E-state index contributed by atoms with van der Waals surface area (Å²) in [5.74, 6) is -1.80. The summed E-state index contributed by atoms with van der Waals surface area (Å²) < 4.78 is 12.0. The molecular formula is C40H56O9. The average Bonchev–Trinajstić information content (AvgIpc) is 3.01. The zero-order chi connectivity index (χ0) is 35.2. The molecule has 5 N–H and O–H groups in total. The van der Waals surface area contributed by atoms with E-state index in [1.54, 1.807) is 0 Å². The van der Waals surface area contributed by atoms with Gasteiger partial charge in [-0.05, 0) is 105 Å². The molecule has 49 heavy (non-hydrogen) atoms. The lowest BCUT2D eigenvalue weighted by Gasteiger charge is -2.78. The summed E-state index contributed by atoms with van der Waals surface area (Å²) in [7, 11) is 0. The van der Waals surface area contributed by atoms with Crippen LogP contribution in [0.4, 0.5) is 0 Å². The van der Waals surface area contributed by atoms with Crippen molar-refractivity contribution in [3.63, 3.8) is 0 Å². The molecule has 0 unspecified atom stereocenters. The molecule has 1 saturated heterocycles. The summed E-state index contributed by atoms with van der Waals surface area (Å²) in [5, 5.41) is 52.2. The van der Waals surface area contributed by atoms with Gasteiger partial charge in [0.2, 0.25) is 0 Å². The molecule has 7 aliphatic carbocycles. The van der Waals surface area contributed by atoms with E-state index in [0.29, 0.717) is 12.8 Å². The molecule has 0 aromatic heterocycles. The number of aliphatic hydroxyl groups excluding tert-OH is 3. The number of ether oxygens (including phenoxy) is 2. The highest BCUT2D eigenvalue weighted by Crippen LogP contribution is 2.84. The Bertz CT molecular complexity index is 1550. The first kappa shape index (κ1) is 34.1. The minimum absolute atomic E-state index is 0.0654. The van der Waals surface area contributed by atoms with Crippen LogP contribution in [0, 0.1) is 49.2 Å². The molecule has 0 radical (unpaired) electrons. The highest BCUT2D eigenvalue weighted by atomic mass is 16.7. The lowest BCUT2D eigenvalue weighted by molar-refractivity contribution is -0.327. The quantitative estimate of drug-likeness (QED) is 0.184. The fourth-order valence-corrected chi connectivity index (χ4v) is 14.6. The Hall–Kier alpha value is -2.04. The van der Waals surface area contributed by atoms with Gasteiger partial charge in [-0.25, -0.2) is 4.79 Å². The number of allylic oxidation sites excluding steroid dienone is 6. The monoisotopic (exact) mass is 680 g/mol. The molecule has 14 atom stereocenters. The van der Waals surface area contributed by atoms with Crippen molar-refractivity contribution >= 4 is 11.9 Å². The summed E-state index contributed by atoms with van der Waals surface area (Å²) in [6.07, 6.45) is 14.3. The van der Waals surface area contributed by atoms with E-state index in [0.717, 1.165) is 64.2 Å². The number of carboxylic acids is 2. The number of rotatable bonds is 4. The van der Waals surface area contributed by atoms with Crippen molar-refractivity contribution in [3.05, 3.63) is 36.0 Å². The maximum atomic E-state index is 13.4. The molecule has 1 heterocycles. The minimum Gasteiger partial charge on any atom is -0.481 e. The zero-order valence-electron chi connectivity index (χ0n) is 29.8. The lowest BCUT2D eigenvalue weighted by atomic mass is 9.25. The largest absolute Gasteiger partial charge is 0.481 e. The van der Waals surface area contributed by atoms with E-state index in [-0.39, 0.29) is 44.5 Å². The molecule has 1 aliphatic heterocycles. The smallest absolute Gasteiger partial charge is 0.335 e. The molecule has 4 saturated carbocycles. The third kappa shape index (κ3) is 3.85. The fourth-order valence-electron chi connectivity index (χ4n) is 14.6. The van der Waals surface area contributed by atoms with E-state index < -0.39 is 53.5 Å². The van der Waals surface area contributed by atoms with Gasteiger partial charge in [0.25, 0.3) is 0 Å². The van der Waals surface area contributed by atoms with Gasteiger partial charge < -0.3 is 35.0 Å². The first-order valence-electron chi connectivity index (χ1n) is 18.8. The molecule has 9 nitrogen and oxygen atoms in total. The van der Waals surface area contributed by atoms with Gasteiger partial charge in [0.1, 0.15) is 18.3 Å². The highest BCUT2D eigenvalue weighted by molar-refractivity contribution is 5.79. The van der Waals surface area contributed by atoms with Crippen molar-refractivity contribution in [2.24, 2.45) is 49.2 Å². The van der Waals surface area contributed by atoms with Crippen LogP contribution in [0.25, 0.3) is 0 Å². The average molecular weight is 681 g/mol. The van der Waals surface area contributed by atoms with Gasteiger partial charge in [0.15, 0.2) is 12.4 Å². The van der Waals surface area contributed by atoms with Crippen LogP contribution >= 0.6 is 0 Å². The third-order valence-electron chi connectivity index (χ3n) is 17.1. The molecule has 8 rings (SSSR count). The highest BCUT2D eigenvalue weighted by Gasteiger charge is 2.78. The van der Waals surface area contributed by atoms with Crippen molar-refractivity contribution in [2.75, 3.05) is 0 Å². The number of carbonyl (C=O) groups is 2. The molecular weight excluding hydrogens is 624 g/mol. The molecule has 4 bridgehead atoms. The predicted molar refractivity (Wildman–Crippen MR) is 180 cm³/mol. The topological polar surface area (TPSA) is 154 Å². The Morgan fingerprint density at radius 1 is 0.816 bits per heavy atom. The van der Waals surface area contributed by atoms with Crippen LogP contribution in [0.2, 0.25) is 0 Å². The Balaban J connectivity index is 1.17. The predicted octanol–water partition coefficient (Wildman–Crippen LogP) is 5.77. The molecule has 0 amide bonds. The molecule has 5 fully saturated rings. The molecule has 0 aromatic carbocycles. The summed E-state index contributed by atoms with van der Waals surface area (Å²) in [4.78, 5) is 25.2. The zero-order valence-corrected chi connectivity index (χ0v) is 29.8. The molecule has 2 spiro atoms. The van der Waals surface area contributed by atoms with E-state index in [2.05, 4.69) is 65.0 Å². The van der Waals surface area contributed by atoms with E-state index in [4.69, 9.17) is 9.47 Å². The molecule has 9 heteroatoms. The van der Waals surface area contributed by atoms with Crippen LogP contribution in [0.15, 0.2) is 36.0 Å². The first-order chi connectivity index (χ1) is 22.9. The molecule has 270 valence electrons. The number of aliphatic hydroxyl groups is 3. The Morgan fingerprint density at radius 2 is 1.53 bits per heavy atom. The van der Waals surface area contributed by atoms with Gasteiger partial charge in [-0.3, -0.25) is 4.79 Å². The minimum atomic E-state index is -1.76. The SMILES string of the molecule is CC1(C)[C@@H](O[C@@H]2O[C@H](C(=O)O)[C@@H](O)[C@H](O)[C@H]2O)CC[C@@]2(C)[C@H]1CC[C@@]1(C)[C@@]34CC=C[C@]12CC=C3[C@@]12C=CC[C@@](C)(CC[C@]1(C(=O)O)CC4)C2. The normalized spacial score (nSPS) is 55.2. The van der Waals surface area contributed by atoms with Crippen molar-refractivity contribution in [1.82, 2.24) is 0 Å². The van der Waals surface area contributed by atoms with Gasteiger partial charge in [-0.15, -0.1) is 0 Å². The third-order valence-corrected chi connectivity index (χ3v) is 17.1. The Kier molecular flexibility index (Phi) is 7.16. The summed E-state index contributed by atoms with van der Waals surface area (Å²) in [6.45, 7) is 11.8. The number of hydrogen-bond donors (Lipinski definition) is 5. The van der Waals surface area contributed by atoms with Crippen LogP contribution in [-0.4, -0.2) is 74.3 Å². The van der Waals surface area contributed by atoms with E-state index in [1.165, 1.54) is 5.57 Å². The van der Waals surface area contributed by atoms with Gasteiger partial charge in [0.05, 0.1) is 11.5 Å². The second-order valence-electron chi connectivity index (χ2n) is 19.0. The number of aliphatic carboxylic acids is 2. The summed E-state index contributed by atoms with van der Waals surface area (Å²) in [5.41, 5.74) is -0.487. The van der Waals surface area contributed by atoms with E-state index in [1.807, 2.05) is 0 Å². The van der Waals surface area contributed by atoms with Crippen molar-refractivity contribution in [1.29, 1.82) is 0 Å². The summed E-state index contributed by atoms with van der Waals surface area (Å²) in [6, 6.07) is 0. The van der Waals surface area contributed by atoms with Gasteiger partial charge >= 0.3 is 11.9 Å². The van der Waals surface area contributed by atoms with Crippen LogP contribution < -0.4 is 0 Å². The fraction of sp³-hybridized carbons (Fsp3) is 0.800. The Morgan fingerprint density at radius 3 is 2.24 bits per heavy atom. The Labute approximate surface area is 289 Å². The lowest BCUT2D eigenvalue weighted by Crippen LogP contribution is -2.72. The number of carboxylic acid groups (broad SMARTS) is 2.